The monoisotopic (exact) mass is 460 g/mol. The van der Waals surface area contributed by atoms with Gasteiger partial charge in [0.15, 0.2) is 11.5 Å². The van der Waals surface area contributed by atoms with Gasteiger partial charge in [-0.1, -0.05) is 30.7 Å². The Balaban J connectivity index is 1.70. The molecule has 1 aliphatic heterocycles. The van der Waals surface area contributed by atoms with Gasteiger partial charge in [0, 0.05) is 10.7 Å². The Morgan fingerprint density at radius 3 is 2.71 bits per heavy atom. The number of nitrogens with one attached hydrogen (secondary N) is 1. The van der Waals surface area contributed by atoms with Gasteiger partial charge in [-0.25, -0.2) is 0 Å². The topological polar surface area (TPSA) is 84.9 Å². The molecule has 1 N–H and O–H groups in total. The van der Waals surface area contributed by atoms with Crippen LogP contribution in [0.5, 0.6) is 11.5 Å². The molecule has 1 heterocycles. The van der Waals surface area contributed by atoms with Gasteiger partial charge in [0.1, 0.15) is 6.54 Å². The molecule has 0 atom stereocenters. The van der Waals surface area contributed by atoms with Gasteiger partial charge in [-0.05, 0) is 60.2 Å². The van der Waals surface area contributed by atoms with Crippen LogP contribution in [0, 0.1) is 0 Å². The zero-order valence-corrected chi connectivity index (χ0v) is 18.6. The standard InChI is InChI=1S/C22H21ClN2O5S/c1-3-9-30-17-8-7-14(10-18(17)29-2)11-19-21(27)25(22(28)31-19)13-20(26)24-16-6-4-5-15(23)12-16/h4-8,10-12H,3,9,13H2,1-2H3,(H,24,26)/b19-11-. The second-order valence-corrected chi connectivity index (χ2v) is 8.01. The van der Waals surface area contributed by atoms with Crippen LogP contribution in [0.25, 0.3) is 6.08 Å². The van der Waals surface area contributed by atoms with E-state index in [2.05, 4.69) is 5.32 Å². The highest BCUT2D eigenvalue weighted by Crippen LogP contribution is 2.34. The molecule has 1 saturated heterocycles. The van der Waals surface area contributed by atoms with Gasteiger partial charge in [-0.15, -0.1) is 0 Å². The predicted octanol–water partition coefficient (Wildman–Crippen LogP) is 4.81. The summed E-state index contributed by atoms with van der Waals surface area (Å²) in [6.07, 6.45) is 2.45. The van der Waals surface area contributed by atoms with Gasteiger partial charge < -0.3 is 14.8 Å². The highest BCUT2D eigenvalue weighted by Gasteiger charge is 2.36. The molecule has 0 unspecified atom stereocenters. The first-order chi connectivity index (χ1) is 14.9. The lowest BCUT2D eigenvalue weighted by Gasteiger charge is -2.12. The summed E-state index contributed by atoms with van der Waals surface area (Å²) in [5.74, 6) is 0.112. The maximum absolute atomic E-state index is 12.7. The lowest BCUT2D eigenvalue weighted by atomic mass is 10.2. The van der Waals surface area contributed by atoms with Crippen molar-refractivity contribution in [2.24, 2.45) is 0 Å². The number of hydrogen-bond donors (Lipinski definition) is 1. The number of nitrogens with zero attached hydrogens (tertiary/aromatic N) is 1. The molecule has 0 aromatic heterocycles. The average molecular weight is 461 g/mol. The maximum atomic E-state index is 12.7. The minimum Gasteiger partial charge on any atom is -0.493 e. The van der Waals surface area contributed by atoms with E-state index in [1.54, 1.807) is 48.5 Å². The smallest absolute Gasteiger partial charge is 0.294 e. The van der Waals surface area contributed by atoms with E-state index in [9.17, 15) is 14.4 Å². The molecule has 31 heavy (non-hydrogen) atoms. The van der Waals surface area contributed by atoms with Gasteiger partial charge in [0.2, 0.25) is 5.91 Å². The van der Waals surface area contributed by atoms with Crippen LogP contribution in [0.3, 0.4) is 0 Å². The van der Waals surface area contributed by atoms with Crippen molar-refractivity contribution in [3.8, 4) is 11.5 Å². The Hall–Kier alpha value is -2.97. The van der Waals surface area contributed by atoms with Crippen LogP contribution in [0.2, 0.25) is 5.02 Å². The number of thioether (sulfide) groups is 1. The van der Waals surface area contributed by atoms with E-state index in [1.165, 1.54) is 7.11 Å². The molecule has 3 amide bonds. The van der Waals surface area contributed by atoms with Crippen molar-refractivity contribution in [3.63, 3.8) is 0 Å². The Bertz CT molecular complexity index is 1040. The van der Waals surface area contributed by atoms with Crippen LogP contribution in [0.4, 0.5) is 10.5 Å². The predicted molar refractivity (Wildman–Crippen MR) is 122 cm³/mol. The Morgan fingerprint density at radius 1 is 1.19 bits per heavy atom. The van der Waals surface area contributed by atoms with E-state index in [0.29, 0.717) is 34.4 Å². The molecule has 0 saturated carbocycles. The van der Waals surface area contributed by atoms with Crippen molar-refractivity contribution < 1.29 is 23.9 Å². The van der Waals surface area contributed by atoms with E-state index >= 15 is 0 Å². The number of hydrogen-bond acceptors (Lipinski definition) is 6. The summed E-state index contributed by atoms with van der Waals surface area (Å²) in [6.45, 7) is 2.18. The molecule has 0 spiro atoms. The molecule has 0 aliphatic carbocycles. The fourth-order valence-electron chi connectivity index (χ4n) is 2.80. The first-order valence-electron chi connectivity index (χ1n) is 9.53. The number of imide groups is 1. The van der Waals surface area contributed by atoms with Gasteiger partial charge >= 0.3 is 0 Å². The van der Waals surface area contributed by atoms with Crippen LogP contribution < -0.4 is 14.8 Å². The van der Waals surface area contributed by atoms with Crippen LogP contribution in [-0.4, -0.2) is 42.2 Å². The summed E-state index contributed by atoms with van der Waals surface area (Å²) in [7, 11) is 1.53. The van der Waals surface area contributed by atoms with E-state index in [1.807, 2.05) is 6.92 Å². The van der Waals surface area contributed by atoms with Crippen molar-refractivity contribution in [1.29, 1.82) is 0 Å². The molecule has 3 rings (SSSR count). The van der Waals surface area contributed by atoms with Crippen LogP contribution >= 0.6 is 23.4 Å². The number of carbonyl (C=O) groups is 3. The van der Waals surface area contributed by atoms with Gasteiger partial charge in [-0.3, -0.25) is 19.3 Å². The highest BCUT2D eigenvalue weighted by molar-refractivity contribution is 8.18. The summed E-state index contributed by atoms with van der Waals surface area (Å²) in [4.78, 5) is 38.4. The van der Waals surface area contributed by atoms with Crippen molar-refractivity contribution in [1.82, 2.24) is 4.90 Å². The average Bonchev–Trinajstić information content (AvgIpc) is 3.00. The lowest BCUT2D eigenvalue weighted by molar-refractivity contribution is -0.127. The van der Waals surface area contributed by atoms with Crippen LogP contribution in [0.1, 0.15) is 18.9 Å². The van der Waals surface area contributed by atoms with E-state index < -0.39 is 17.1 Å². The van der Waals surface area contributed by atoms with E-state index in [4.69, 9.17) is 21.1 Å². The summed E-state index contributed by atoms with van der Waals surface area (Å²) in [6, 6.07) is 11.9. The molecule has 162 valence electrons. The third-order valence-electron chi connectivity index (χ3n) is 4.23. The Morgan fingerprint density at radius 2 is 2.00 bits per heavy atom. The molecule has 1 aliphatic rings. The minimum atomic E-state index is -0.526. The molecular formula is C22H21ClN2O5S. The molecule has 2 aromatic carbocycles. The number of rotatable bonds is 8. The minimum absolute atomic E-state index is 0.227. The maximum Gasteiger partial charge on any atom is 0.294 e. The highest BCUT2D eigenvalue weighted by atomic mass is 35.5. The molecular weight excluding hydrogens is 440 g/mol. The Kier molecular flexibility index (Phi) is 7.59. The first-order valence-corrected chi connectivity index (χ1v) is 10.7. The molecule has 9 heteroatoms. The number of benzene rings is 2. The zero-order valence-electron chi connectivity index (χ0n) is 17.0. The third-order valence-corrected chi connectivity index (χ3v) is 5.37. The van der Waals surface area contributed by atoms with Gasteiger partial charge in [0.05, 0.1) is 18.6 Å². The number of amides is 3. The number of halogens is 1. The third kappa shape index (κ3) is 5.80. The second kappa shape index (κ2) is 10.4. The molecule has 1 fully saturated rings. The van der Waals surface area contributed by atoms with Crippen molar-refractivity contribution in [3.05, 3.63) is 58.0 Å². The number of carbonyl (C=O) groups excluding carboxylic acids is 3. The number of anilines is 1. The molecule has 0 radical (unpaired) electrons. The second-order valence-electron chi connectivity index (χ2n) is 6.59. The quantitative estimate of drug-likeness (QED) is 0.569. The Labute approximate surface area is 189 Å². The summed E-state index contributed by atoms with van der Waals surface area (Å²) >= 11 is 6.68. The fourth-order valence-corrected chi connectivity index (χ4v) is 3.83. The number of ether oxygens (including phenoxy) is 2. The van der Waals surface area contributed by atoms with Gasteiger partial charge in [0.25, 0.3) is 11.1 Å². The first kappa shape index (κ1) is 22.7. The van der Waals surface area contributed by atoms with Crippen molar-refractivity contribution in [2.75, 3.05) is 25.6 Å². The molecule has 0 bridgehead atoms. The van der Waals surface area contributed by atoms with E-state index in [0.717, 1.165) is 23.1 Å². The largest absolute Gasteiger partial charge is 0.493 e. The zero-order chi connectivity index (χ0) is 22.4. The molecule has 2 aromatic rings. The fraction of sp³-hybridized carbons (Fsp3) is 0.227. The van der Waals surface area contributed by atoms with Crippen molar-refractivity contribution in [2.45, 2.75) is 13.3 Å². The van der Waals surface area contributed by atoms with Crippen LogP contribution in [-0.2, 0) is 9.59 Å². The summed E-state index contributed by atoms with van der Waals surface area (Å²) in [5.41, 5.74) is 1.16. The van der Waals surface area contributed by atoms with E-state index in [-0.39, 0.29) is 11.4 Å². The number of methoxy groups -OCH3 is 1. The van der Waals surface area contributed by atoms with Gasteiger partial charge in [-0.2, -0.15) is 0 Å². The van der Waals surface area contributed by atoms with Crippen LogP contribution in [0.15, 0.2) is 47.4 Å². The van der Waals surface area contributed by atoms with Crippen molar-refractivity contribution >= 4 is 52.2 Å². The SMILES string of the molecule is CCCOc1ccc(/C=C2\SC(=O)N(CC(=O)Nc3cccc(Cl)c3)C2=O)cc1OC. The normalized spacial score (nSPS) is 14.8. The summed E-state index contributed by atoms with van der Waals surface area (Å²) < 4.78 is 11.0. The summed E-state index contributed by atoms with van der Waals surface area (Å²) in [5, 5.41) is 2.58. The molecule has 7 nitrogen and oxygen atoms in total. The lowest BCUT2D eigenvalue weighted by Crippen LogP contribution is -2.36.